The monoisotopic (exact) mass is 284 g/mol. The molecule has 0 aliphatic heterocycles. The second kappa shape index (κ2) is 10.4. The Morgan fingerprint density at radius 1 is 1.44 bits per heavy atom. The van der Waals surface area contributed by atoms with Crippen LogP contribution in [0.3, 0.4) is 0 Å². The van der Waals surface area contributed by atoms with Crippen molar-refractivity contribution in [3.63, 3.8) is 0 Å². The third-order valence-corrected chi connectivity index (χ3v) is 1.02. The zero-order chi connectivity index (χ0) is 12.6. The van der Waals surface area contributed by atoms with Gasteiger partial charge in [0, 0.05) is 6.42 Å². The van der Waals surface area contributed by atoms with Crippen LogP contribution in [0.15, 0.2) is 0 Å². The average Bonchev–Trinajstić information content (AvgIpc) is 1.96. The number of amides is 1. The van der Waals surface area contributed by atoms with Gasteiger partial charge in [0.2, 0.25) is 5.91 Å². The Labute approximate surface area is 120 Å². The summed E-state index contributed by atoms with van der Waals surface area (Å²) in [6.45, 7) is 0. The van der Waals surface area contributed by atoms with E-state index < -0.39 is 25.8 Å². The zero-order valence-corrected chi connectivity index (χ0v) is 11.3. The number of carboxylic acids is 1. The fourth-order valence-corrected chi connectivity index (χ4v) is 0.421. The Balaban J connectivity index is -0.000000242. The van der Waals surface area contributed by atoms with E-state index >= 15 is 0 Å². The van der Waals surface area contributed by atoms with Gasteiger partial charge in [-0.1, -0.05) is 0 Å². The van der Waals surface area contributed by atoms with E-state index in [1.54, 1.807) is 0 Å². The molecule has 0 unspecified atom stereocenters. The van der Waals surface area contributed by atoms with Gasteiger partial charge in [0.05, 0.1) is 0 Å². The second-order valence-corrected chi connectivity index (χ2v) is 3.24. The van der Waals surface area contributed by atoms with Gasteiger partial charge in [-0.15, -0.1) is 0 Å². The maximum Gasteiger partial charge on any atom is 2.00 e. The number of aliphatic carboxylic acids is 1. The Morgan fingerprint density at radius 2 is 1.75 bits per heavy atom. The largest absolute Gasteiger partial charge is 2.00 e. The van der Waals surface area contributed by atoms with Crippen LogP contribution in [-0.4, -0.2) is 60.8 Å². The molecule has 8 nitrogen and oxygen atoms in total. The first-order valence-electron chi connectivity index (χ1n) is 3.52. The smallest absolute Gasteiger partial charge is 0.786 e. The van der Waals surface area contributed by atoms with Gasteiger partial charge in [-0.2, -0.15) is 0 Å². The van der Waals surface area contributed by atoms with Crippen molar-refractivity contribution in [3.05, 3.63) is 0 Å². The molecule has 1 atom stereocenters. The van der Waals surface area contributed by atoms with Gasteiger partial charge in [-0.05, 0) is 6.42 Å². The van der Waals surface area contributed by atoms with Gasteiger partial charge in [-0.3, -0.25) is 9.59 Å². The third-order valence-electron chi connectivity index (χ3n) is 1.02. The van der Waals surface area contributed by atoms with Gasteiger partial charge in [0.25, 0.3) is 0 Å². The minimum atomic E-state index is -5.64. The SMILES string of the molecule is NC(=O)CC[C@H](N)C(=O)O.O=P([O-])([O-])F.[Ca+2]. The van der Waals surface area contributed by atoms with Crippen molar-refractivity contribution in [2.75, 3.05) is 0 Å². The Morgan fingerprint density at radius 3 is 1.94 bits per heavy atom. The molecule has 0 aromatic carbocycles. The van der Waals surface area contributed by atoms with E-state index in [4.69, 9.17) is 30.9 Å². The van der Waals surface area contributed by atoms with Crippen LogP contribution in [0.5, 0.6) is 0 Å². The molecule has 5 N–H and O–H groups in total. The van der Waals surface area contributed by atoms with Crippen molar-refractivity contribution < 1.29 is 33.2 Å². The predicted octanol–water partition coefficient (Wildman–Crippen LogP) is -2.93. The molecule has 0 rings (SSSR count). The summed E-state index contributed by atoms with van der Waals surface area (Å²) >= 11 is 0. The fourth-order valence-electron chi connectivity index (χ4n) is 0.421. The van der Waals surface area contributed by atoms with Crippen LogP contribution in [0, 0.1) is 0 Å². The normalized spacial score (nSPS) is 11.5. The van der Waals surface area contributed by atoms with Crippen molar-refractivity contribution in [1.82, 2.24) is 0 Å². The first-order chi connectivity index (χ1) is 6.54. The summed E-state index contributed by atoms with van der Waals surface area (Å²) in [5.41, 5.74) is 9.81. The molecule has 0 aliphatic carbocycles. The number of carbonyl (C=O) groups excluding carboxylic acids is 1. The van der Waals surface area contributed by atoms with Crippen LogP contribution in [0.1, 0.15) is 12.8 Å². The standard InChI is InChI=1S/C5H10N2O3.Ca.FH2O3P/c6-3(5(9)10)1-2-4(7)8;;1-5(2,3)4/h3H,1-2,6H2,(H2,7,8)(H,9,10);;(H2,2,3,4)/q;+2;/p-2/t3-;;/m0../s1. The first kappa shape index (κ1) is 21.5. The molecule has 0 aromatic rings. The van der Waals surface area contributed by atoms with Crippen LogP contribution < -0.4 is 21.3 Å². The summed E-state index contributed by atoms with van der Waals surface area (Å²) in [7, 11) is -5.64. The van der Waals surface area contributed by atoms with E-state index in [2.05, 4.69) is 0 Å². The molecule has 0 saturated heterocycles. The van der Waals surface area contributed by atoms with Crippen molar-refractivity contribution >= 4 is 57.5 Å². The first-order valence-corrected chi connectivity index (χ1v) is 4.95. The molecule has 0 aliphatic rings. The third kappa shape index (κ3) is 29.2. The molecule has 0 spiro atoms. The van der Waals surface area contributed by atoms with E-state index in [1.807, 2.05) is 0 Å². The molecule has 11 heteroatoms. The molecular weight excluding hydrogens is 274 g/mol. The average molecular weight is 284 g/mol. The Kier molecular flexibility index (Phi) is 14.0. The minimum Gasteiger partial charge on any atom is -0.786 e. The molecule has 16 heavy (non-hydrogen) atoms. The molecular formula is C5H10CaFN2O6P. The van der Waals surface area contributed by atoms with Gasteiger partial charge in [0.15, 0.2) is 0 Å². The Bertz CT molecular complexity index is 263. The molecule has 0 fully saturated rings. The van der Waals surface area contributed by atoms with Crippen LogP contribution in [0.25, 0.3) is 0 Å². The molecule has 0 bridgehead atoms. The number of carbonyl (C=O) groups is 2. The van der Waals surface area contributed by atoms with Crippen molar-refractivity contribution in [1.29, 1.82) is 0 Å². The van der Waals surface area contributed by atoms with E-state index in [9.17, 15) is 13.8 Å². The van der Waals surface area contributed by atoms with Crippen LogP contribution in [-0.2, 0) is 14.2 Å². The van der Waals surface area contributed by atoms with Crippen molar-refractivity contribution in [3.8, 4) is 0 Å². The number of halogens is 1. The summed E-state index contributed by atoms with van der Waals surface area (Å²) in [5.74, 6) is -1.64. The van der Waals surface area contributed by atoms with Crippen molar-refractivity contribution in [2.24, 2.45) is 11.5 Å². The number of rotatable bonds is 4. The van der Waals surface area contributed by atoms with E-state index in [0.717, 1.165) is 0 Å². The quantitative estimate of drug-likeness (QED) is 0.366. The minimum absolute atomic E-state index is 0. The summed E-state index contributed by atoms with van der Waals surface area (Å²) in [5, 5.41) is 8.22. The zero-order valence-electron chi connectivity index (χ0n) is 8.17. The molecule has 0 aromatic heterocycles. The summed E-state index contributed by atoms with van der Waals surface area (Å²) in [4.78, 5) is 37.0. The van der Waals surface area contributed by atoms with Gasteiger partial charge in [0.1, 0.15) is 13.9 Å². The Hall–Kier alpha value is 0.240. The number of carboxylic acid groups (broad SMARTS) is 1. The summed E-state index contributed by atoms with van der Waals surface area (Å²) in [6, 6.07) is -0.979. The molecule has 90 valence electrons. The van der Waals surface area contributed by atoms with Crippen molar-refractivity contribution in [2.45, 2.75) is 18.9 Å². The molecule has 1 amide bonds. The number of hydrogen-bond acceptors (Lipinski definition) is 6. The van der Waals surface area contributed by atoms with Crippen LogP contribution in [0.2, 0.25) is 0 Å². The maximum atomic E-state index is 10.1. The molecule has 0 radical (unpaired) electrons. The van der Waals surface area contributed by atoms with Gasteiger partial charge in [-0.25, -0.2) is 4.20 Å². The number of nitrogens with two attached hydrogens (primary N) is 2. The summed E-state index contributed by atoms with van der Waals surface area (Å²) in [6.07, 6.45) is 0.123. The molecule has 0 heterocycles. The topological polar surface area (TPSA) is 170 Å². The van der Waals surface area contributed by atoms with Gasteiger partial charge < -0.3 is 30.9 Å². The van der Waals surface area contributed by atoms with E-state index in [1.165, 1.54) is 0 Å². The second-order valence-electron chi connectivity index (χ2n) is 2.38. The van der Waals surface area contributed by atoms with E-state index in [0.29, 0.717) is 0 Å². The number of primary amides is 1. The predicted molar refractivity (Wildman–Crippen MR) is 48.5 cm³/mol. The van der Waals surface area contributed by atoms with Crippen LogP contribution in [0.4, 0.5) is 4.20 Å². The van der Waals surface area contributed by atoms with Gasteiger partial charge >= 0.3 is 43.7 Å². The summed E-state index contributed by atoms with van der Waals surface area (Å²) < 4.78 is 18.6. The number of hydrogen-bond donors (Lipinski definition) is 3. The van der Waals surface area contributed by atoms with E-state index in [-0.39, 0.29) is 50.6 Å². The fraction of sp³-hybridized carbons (Fsp3) is 0.600. The maximum absolute atomic E-state index is 10.1. The van der Waals surface area contributed by atoms with Crippen LogP contribution >= 0.6 is 7.91 Å². The molecule has 0 saturated carbocycles.